The summed E-state index contributed by atoms with van der Waals surface area (Å²) in [7, 11) is 1.35. The number of carbonyl (C=O) groups is 2. The molecule has 4 atom stereocenters. The fraction of sp³-hybridized carbons (Fsp3) is 0.400. The van der Waals surface area contributed by atoms with Crippen LogP contribution in [0.5, 0.6) is 0 Å². The zero-order valence-corrected chi connectivity index (χ0v) is 17.3. The number of Topliss-reactive ketones (excluding diaryl/α,β-unsaturated/α-hetero) is 1. The Balaban J connectivity index is 2.27. The number of fused-ring (bicyclic) bond motifs is 3. The van der Waals surface area contributed by atoms with Gasteiger partial charge in [-0.1, -0.05) is 25.8 Å². The molecule has 4 nitrogen and oxygen atoms in total. The number of halogens is 1. The highest BCUT2D eigenvalue weighted by molar-refractivity contribution is 14.2. The number of nitrogens with zero attached hydrogens (tertiary/aromatic N) is 2. The van der Waals surface area contributed by atoms with E-state index in [9.17, 15) is 20.1 Å². The Kier molecular flexibility index (Phi) is 4.90. The van der Waals surface area contributed by atoms with E-state index in [1.807, 2.05) is 26.0 Å². The molecule has 1 fully saturated rings. The molecule has 3 aliphatic rings. The van der Waals surface area contributed by atoms with E-state index in [-0.39, 0.29) is 34.5 Å². The van der Waals surface area contributed by atoms with Crippen molar-refractivity contribution in [1.82, 2.24) is 0 Å². The van der Waals surface area contributed by atoms with E-state index >= 15 is 0 Å². The summed E-state index contributed by atoms with van der Waals surface area (Å²) in [6.07, 6.45) is 6.31. The Morgan fingerprint density at radius 1 is 1.23 bits per heavy atom. The molecule has 0 spiro atoms. The van der Waals surface area contributed by atoms with Crippen LogP contribution in [0.15, 0.2) is 34.9 Å². The van der Waals surface area contributed by atoms with Crippen LogP contribution in [0, 0.1) is 56.5 Å². The first-order chi connectivity index (χ1) is 12.3. The van der Waals surface area contributed by atoms with Crippen molar-refractivity contribution in [3.63, 3.8) is 0 Å². The third-order valence-electron chi connectivity index (χ3n) is 5.89. The van der Waals surface area contributed by atoms with Crippen LogP contribution in [0.3, 0.4) is 0 Å². The minimum absolute atomic E-state index is 0.00497. The lowest BCUT2D eigenvalue weighted by Crippen LogP contribution is -2.49. The minimum atomic E-state index is -0.709. The second kappa shape index (κ2) is 6.72. The van der Waals surface area contributed by atoms with Gasteiger partial charge in [0.1, 0.15) is 12.1 Å². The highest BCUT2D eigenvalue weighted by Gasteiger charge is 2.55. The van der Waals surface area contributed by atoms with Crippen molar-refractivity contribution in [3.8, 4) is 23.3 Å². The van der Waals surface area contributed by atoms with Gasteiger partial charge in [0.2, 0.25) is 0 Å². The molecule has 0 radical (unpaired) electrons. The van der Waals surface area contributed by atoms with Gasteiger partial charge in [0.25, 0.3) is 0 Å². The fourth-order valence-corrected chi connectivity index (χ4v) is 5.21. The lowest BCUT2D eigenvalue weighted by Gasteiger charge is -2.53. The third-order valence-corrected chi connectivity index (χ3v) is 6.73. The van der Waals surface area contributed by atoms with Crippen molar-refractivity contribution in [3.05, 3.63) is 34.9 Å². The zero-order valence-electron chi connectivity index (χ0n) is 14.3. The summed E-state index contributed by atoms with van der Waals surface area (Å²) in [5.41, 5.74) is -0.275. The Morgan fingerprint density at radius 3 is 2.54 bits per heavy atom. The minimum Gasteiger partial charge on any atom is -0.293 e. The maximum absolute atomic E-state index is 12.5. The van der Waals surface area contributed by atoms with Crippen molar-refractivity contribution < 1.29 is 9.59 Å². The zero-order chi connectivity index (χ0) is 19.1. The molecule has 3 unspecified atom stereocenters. The second-order valence-corrected chi connectivity index (χ2v) is 8.80. The van der Waals surface area contributed by atoms with Gasteiger partial charge in [0.15, 0.2) is 11.6 Å². The van der Waals surface area contributed by atoms with Crippen LogP contribution in [0.25, 0.3) is 0 Å². The SMILES string of the molecule is CC1C(=O)C(C#N)=C[C@@]2(C)C3=CC(=O)C(C#N)=CC3(C#CSI)CCC12. The number of carbonyl (C=O) groups excluding carboxylic acids is 2. The summed E-state index contributed by atoms with van der Waals surface area (Å²) < 4.78 is 0. The summed E-state index contributed by atoms with van der Waals surface area (Å²) in [6, 6.07) is 3.99. The molecule has 0 amide bonds. The highest BCUT2D eigenvalue weighted by Crippen LogP contribution is 2.60. The van der Waals surface area contributed by atoms with Crippen molar-refractivity contribution in [2.45, 2.75) is 26.7 Å². The van der Waals surface area contributed by atoms with E-state index in [1.165, 1.54) is 15.0 Å². The van der Waals surface area contributed by atoms with Gasteiger partial charge < -0.3 is 0 Å². The van der Waals surface area contributed by atoms with E-state index in [0.29, 0.717) is 6.42 Å². The van der Waals surface area contributed by atoms with Crippen LogP contribution in [0.4, 0.5) is 0 Å². The average Bonchev–Trinajstić information content (AvgIpc) is 2.63. The molecule has 6 heteroatoms. The normalized spacial score (nSPS) is 35.3. The Morgan fingerprint density at radius 2 is 1.92 bits per heavy atom. The van der Waals surface area contributed by atoms with Crippen LogP contribution < -0.4 is 0 Å². The number of nitriles is 2. The monoisotopic (exact) mass is 474 g/mol. The molecule has 130 valence electrons. The van der Waals surface area contributed by atoms with E-state index in [2.05, 4.69) is 32.4 Å². The number of allylic oxidation sites excluding steroid dienone is 6. The smallest absolute Gasteiger partial charge is 0.196 e. The van der Waals surface area contributed by atoms with Gasteiger partial charge in [-0.15, -0.1) is 0 Å². The van der Waals surface area contributed by atoms with Gasteiger partial charge in [0, 0.05) is 32.5 Å². The van der Waals surface area contributed by atoms with Gasteiger partial charge in [0.05, 0.1) is 16.6 Å². The quantitative estimate of drug-likeness (QED) is 0.391. The maximum atomic E-state index is 12.5. The highest BCUT2D eigenvalue weighted by atomic mass is 127. The summed E-state index contributed by atoms with van der Waals surface area (Å²) in [6.45, 7) is 3.84. The summed E-state index contributed by atoms with van der Waals surface area (Å²) in [5, 5.41) is 21.7. The van der Waals surface area contributed by atoms with Crippen LogP contribution in [-0.2, 0) is 9.59 Å². The number of ketones is 2. The van der Waals surface area contributed by atoms with Gasteiger partial charge in [-0.25, -0.2) is 0 Å². The Hall–Kier alpha value is -1.82. The summed E-state index contributed by atoms with van der Waals surface area (Å²) in [4.78, 5) is 24.9. The molecule has 1 saturated carbocycles. The molecular formula is C20H15IN2O2S. The molecule has 26 heavy (non-hydrogen) atoms. The maximum Gasteiger partial charge on any atom is 0.196 e. The van der Waals surface area contributed by atoms with Crippen molar-refractivity contribution in [2.75, 3.05) is 0 Å². The Labute approximate surface area is 169 Å². The van der Waals surface area contributed by atoms with Gasteiger partial charge in [-0.2, -0.15) is 10.5 Å². The van der Waals surface area contributed by atoms with E-state index in [4.69, 9.17) is 0 Å². The van der Waals surface area contributed by atoms with Gasteiger partial charge in [-0.05, 0) is 50.7 Å². The van der Waals surface area contributed by atoms with Crippen molar-refractivity contribution in [1.29, 1.82) is 10.5 Å². The van der Waals surface area contributed by atoms with Crippen molar-refractivity contribution in [2.24, 2.45) is 22.7 Å². The Bertz CT molecular complexity index is 953. The topological polar surface area (TPSA) is 81.7 Å². The van der Waals surface area contributed by atoms with Crippen LogP contribution in [0.2, 0.25) is 0 Å². The first kappa shape index (κ1) is 19.0. The third kappa shape index (κ3) is 2.66. The molecule has 0 aromatic carbocycles. The first-order valence-electron chi connectivity index (χ1n) is 8.20. The predicted molar refractivity (Wildman–Crippen MR) is 107 cm³/mol. The second-order valence-electron chi connectivity index (χ2n) is 7.12. The molecular weight excluding hydrogens is 459 g/mol. The molecule has 3 aliphatic carbocycles. The molecule has 0 N–H and O–H groups in total. The van der Waals surface area contributed by atoms with E-state index < -0.39 is 10.8 Å². The van der Waals surface area contributed by atoms with Crippen LogP contribution >= 0.6 is 30.1 Å². The fourth-order valence-electron chi connectivity index (χ4n) is 4.66. The molecule has 0 heterocycles. The van der Waals surface area contributed by atoms with E-state index in [1.54, 1.807) is 12.2 Å². The van der Waals surface area contributed by atoms with Crippen LogP contribution in [-0.4, -0.2) is 11.6 Å². The first-order valence-corrected chi connectivity index (χ1v) is 11.6. The van der Waals surface area contributed by atoms with Crippen LogP contribution in [0.1, 0.15) is 26.7 Å². The molecule has 0 bridgehead atoms. The molecule has 0 aliphatic heterocycles. The lowest BCUT2D eigenvalue weighted by molar-refractivity contribution is -0.122. The predicted octanol–water partition coefficient (Wildman–Crippen LogP) is 4.06. The molecule has 0 aromatic heterocycles. The molecule has 0 aromatic rings. The van der Waals surface area contributed by atoms with Gasteiger partial charge >= 0.3 is 0 Å². The molecule has 3 rings (SSSR count). The summed E-state index contributed by atoms with van der Waals surface area (Å²) >= 11 is 2.09. The lowest BCUT2D eigenvalue weighted by atomic mass is 9.48. The summed E-state index contributed by atoms with van der Waals surface area (Å²) in [5.74, 6) is 2.50. The number of rotatable bonds is 0. The number of hydrogen-bond acceptors (Lipinski definition) is 5. The average molecular weight is 474 g/mol. The van der Waals surface area contributed by atoms with Crippen molar-refractivity contribution >= 4 is 41.7 Å². The largest absolute Gasteiger partial charge is 0.293 e. The van der Waals surface area contributed by atoms with Gasteiger partial charge in [-0.3, -0.25) is 9.59 Å². The number of hydrogen-bond donors (Lipinski definition) is 0. The van der Waals surface area contributed by atoms with E-state index in [0.717, 1.165) is 12.0 Å². The standard InChI is InChI=1S/C20H15IN2O2S/c1-12-15-3-4-20(5-6-26-21)9-13(10-22)16(24)7-17(20)19(15,2)8-14(11-23)18(12)25/h7-9,12,15H,3-4H2,1-2H3/t12?,15?,19-,20?/m1/s1. The molecule has 0 saturated heterocycles.